The average Bonchev–Trinajstić information content (AvgIpc) is 2.88. The minimum absolute atomic E-state index is 0.242. The van der Waals surface area contributed by atoms with Gasteiger partial charge in [-0.2, -0.15) is 5.26 Å². The molecule has 1 N–H and O–H groups in total. The Morgan fingerprint density at radius 1 is 1.50 bits per heavy atom. The molecule has 1 aliphatic heterocycles. The quantitative estimate of drug-likeness (QED) is 0.885. The molecule has 0 saturated carbocycles. The number of nitrogens with one attached hydrogen (secondary N) is 1. The van der Waals surface area contributed by atoms with Gasteiger partial charge in [-0.3, -0.25) is 5.32 Å². The predicted molar refractivity (Wildman–Crippen MR) is 71.2 cm³/mol. The number of nitriles is 1. The molecule has 0 radical (unpaired) electrons. The van der Waals surface area contributed by atoms with Gasteiger partial charge in [0.25, 0.3) is 0 Å². The molecule has 0 spiro atoms. The van der Waals surface area contributed by atoms with Gasteiger partial charge in [-0.15, -0.1) is 0 Å². The van der Waals surface area contributed by atoms with Crippen molar-refractivity contribution in [2.24, 2.45) is 0 Å². The van der Waals surface area contributed by atoms with Crippen LogP contribution in [0.4, 0.5) is 0 Å². The average molecular weight is 244 g/mol. The fraction of sp³-hybridized carbons (Fsp3) is 0.533. The highest BCUT2D eigenvalue weighted by atomic mass is 16.5. The number of rotatable bonds is 4. The van der Waals surface area contributed by atoms with E-state index in [1.165, 1.54) is 11.1 Å². The van der Waals surface area contributed by atoms with Crippen molar-refractivity contribution in [3.63, 3.8) is 0 Å². The highest BCUT2D eigenvalue weighted by molar-refractivity contribution is 5.37. The SMILES string of the molecule is Cc1cccc(C(C#N)NCC2CCCO2)c1C. The molecule has 2 atom stereocenters. The number of nitrogens with zero attached hydrogens (tertiary/aromatic N) is 1. The van der Waals surface area contributed by atoms with Crippen molar-refractivity contribution in [3.05, 3.63) is 34.9 Å². The van der Waals surface area contributed by atoms with E-state index in [4.69, 9.17) is 4.74 Å². The van der Waals surface area contributed by atoms with Gasteiger partial charge in [-0.1, -0.05) is 18.2 Å². The predicted octanol–water partition coefficient (Wildman–Crippen LogP) is 2.64. The van der Waals surface area contributed by atoms with Crippen molar-refractivity contribution < 1.29 is 4.74 Å². The Morgan fingerprint density at radius 2 is 2.33 bits per heavy atom. The van der Waals surface area contributed by atoms with Crippen LogP contribution in [0.1, 0.15) is 35.6 Å². The number of hydrogen-bond donors (Lipinski definition) is 1. The molecule has 2 rings (SSSR count). The molecule has 18 heavy (non-hydrogen) atoms. The van der Waals surface area contributed by atoms with Crippen molar-refractivity contribution in [2.45, 2.75) is 38.8 Å². The third-order valence-corrected chi connectivity index (χ3v) is 3.66. The Morgan fingerprint density at radius 3 is 3.00 bits per heavy atom. The van der Waals surface area contributed by atoms with Gasteiger partial charge in [0.1, 0.15) is 6.04 Å². The van der Waals surface area contributed by atoms with Crippen LogP contribution in [0, 0.1) is 25.2 Å². The molecular formula is C15H20N2O. The molecule has 0 aliphatic carbocycles. The standard InChI is InChI=1S/C15H20N2O/c1-11-5-3-7-14(12(11)2)15(9-16)17-10-13-6-4-8-18-13/h3,5,7,13,15,17H,4,6,8,10H2,1-2H3. The highest BCUT2D eigenvalue weighted by Crippen LogP contribution is 2.20. The molecule has 1 aromatic rings. The molecule has 1 fully saturated rings. The minimum atomic E-state index is -0.242. The molecule has 2 unspecified atom stereocenters. The number of benzene rings is 1. The summed E-state index contributed by atoms with van der Waals surface area (Å²) in [6.45, 7) is 5.76. The third-order valence-electron chi connectivity index (χ3n) is 3.66. The lowest BCUT2D eigenvalue weighted by atomic mass is 9.98. The van der Waals surface area contributed by atoms with Crippen molar-refractivity contribution in [3.8, 4) is 6.07 Å². The van der Waals surface area contributed by atoms with E-state index >= 15 is 0 Å². The summed E-state index contributed by atoms with van der Waals surface area (Å²) < 4.78 is 5.57. The second-order valence-electron chi connectivity index (χ2n) is 4.89. The van der Waals surface area contributed by atoms with Crippen LogP contribution in [0.15, 0.2) is 18.2 Å². The fourth-order valence-electron chi connectivity index (χ4n) is 2.37. The number of hydrogen-bond acceptors (Lipinski definition) is 3. The summed E-state index contributed by atoms with van der Waals surface area (Å²) in [4.78, 5) is 0. The first kappa shape index (κ1) is 13.1. The molecule has 1 aromatic carbocycles. The van der Waals surface area contributed by atoms with E-state index in [9.17, 15) is 5.26 Å². The zero-order valence-corrected chi connectivity index (χ0v) is 11.1. The van der Waals surface area contributed by atoms with Crippen LogP contribution in [0.3, 0.4) is 0 Å². The molecule has 0 bridgehead atoms. The van der Waals surface area contributed by atoms with Crippen molar-refractivity contribution in [2.75, 3.05) is 13.2 Å². The topological polar surface area (TPSA) is 45.0 Å². The summed E-state index contributed by atoms with van der Waals surface area (Å²) in [7, 11) is 0. The molecule has 0 aromatic heterocycles. The van der Waals surface area contributed by atoms with Crippen LogP contribution in [0.25, 0.3) is 0 Å². The largest absolute Gasteiger partial charge is 0.377 e. The van der Waals surface area contributed by atoms with Crippen LogP contribution in [0.5, 0.6) is 0 Å². The van der Waals surface area contributed by atoms with Crippen molar-refractivity contribution in [1.82, 2.24) is 5.32 Å². The van der Waals surface area contributed by atoms with Gasteiger partial charge in [0, 0.05) is 13.2 Å². The Kier molecular flexibility index (Phi) is 4.35. The zero-order chi connectivity index (χ0) is 13.0. The van der Waals surface area contributed by atoms with Crippen LogP contribution in [0.2, 0.25) is 0 Å². The first-order valence-electron chi connectivity index (χ1n) is 6.53. The minimum Gasteiger partial charge on any atom is -0.377 e. The van der Waals surface area contributed by atoms with Gasteiger partial charge in [-0.25, -0.2) is 0 Å². The Balaban J connectivity index is 2.03. The van der Waals surface area contributed by atoms with Gasteiger partial charge in [0.2, 0.25) is 0 Å². The molecule has 96 valence electrons. The molecule has 1 aliphatic rings. The molecule has 1 saturated heterocycles. The third kappa shape index (κ3) is 2.90. The monoisotopic (exact) mass is 244 g/mol. The zero-order valence-electron chi connectivity index (χ0n) is 11.1. The van der Waals surface area contributed by atoms with E-state index in [1.54, 1.807) is 0 Å². The first-order valence-corrected chi connectivity index (χ1v) is 6.53. The van der Waals surface area contributed by atoms with Crippen molar-refractivity contribution in [1.29, 1.82) is 5.26 Å². The molecule has 3 heteroatoms. The Bertz CT molecular complexity index is 444. The summed E-state index contributed by atoms with van der Waals surface area (Å²) in [6.07, 6.45) is 2.50. The van der Waals surface area contributed by atoms with E-state index in [1.807, 2.05) is 12.1 Å². The Hall–Kier alpha value is -1.37. The molecular weight excluding hydrogens is 224 g/mol. The summed E-state index contributed by atoms with van der Waals surface area (Å²) in [5.41, 5.74) is 3.51. The lowest BCUT2D eigenvalue weighted by Gasteiger charge is -2.18. The molecule has 3 nitrogen and oxygen atoms in total. The van der Waals surface area contributed by atoms with Gasteiger partial charge in [-0.05, 0) is 43.4 Å². The van der Waals surface area contributed by atoms with Gasteiger partial charge < -0.3 is 4.74 Å². The molecule has 1 heterocycles. The summed E-state index contributed by atoms with van der Waals surface area (Å²) in [5, 5.41) is 12.6. The number of ether oxygens (including phenoxy) is 1. The van der Waals surface area contributed by atoms with Gasteiger partial charge in [0.05, 0.1) is 12.2 Å². The van der Waals surface area contributed by atoms with E-state index in [0.717, 1.165) is 31.6 Å². The maximum absolute atomic E-state index is 9.32. The molecule has 0 amide bonds. The van der Waals surface area contributed by atoms with Crippen LogP contribution >= 0.6 is 0 Å². The van der Waals surface area contributed by atoms with Crippen LogP contribution in [-0.2, 0) is 4.74 Å². The Labute approximate surface area is 109 Å². The van der Waals surface area contributed by atoms with Gasteiger partial charge >= 0.3 is 0 Å². The lowest BCUT2D eigenvalue weighted by molar-refractivity contribution is 0.109. The summed E-state index contributed by atoms with van der Waals surface area (Å²) in [5.74, 6) is 0. The maximum atomic E-state index is 9.32. The first-order chi connectivity index (χ1) is 8.72. The second kappa shape index (κ2) is 5.99. The maximum Gasteiger partial charge on any atom is 0.121 e. The van der Waals surface area contributed by atoms with E-state index < -0.39 is 0 Å². The summed E-state index contributed by atoms with van der Waals surface area (Å²) >= 11 is 0. The van der Waals surface area contributed by atoms with E-state index in [-0.39, 0.29) is 12.1 Å². The van der Waals surface area contributed by atoms with E-state index in [0.29, 0.717) is 0 Å². The lowest BCUT2D eigenvalue weighted by Crippen LogP contribution is -2.29. The normalized spacial score (nSPS) is 20.6. The second-order valence-corrected chi connectivity index (χ2v) is 4.89. The van der Waals surface area contributed by atoms with E-state index in [2.05, 4.69) is 31.3 Å². The van der Waals surface area contributed by atoms with Crippen molar-refractivity contribution >= 4 is 0 Å². The van der Waals surface area contributed by atoms with Crippen LogP contribution < -0.4 is 5.32 Å². The fourth-order valence-corrected chi connectivity index (χ4v) is 2.37. The van der Waals surface area contributed by atoms with Gasteiger partial charge in [0.15, 0.2) is 0 Å². The summed E-state index contributed by atoms with van der Waals surface area (Å²) in [6, 6.07) is 8.22. The number of aryl methyl sites for hydroxylation is 1. The smallest absolute Gasteiger partial charge is 0.121 e. The van der Waals surface area contributed by atoms with Crippen LogP contribution in [-0.4, -0.2) is 19.3 Å². The highest BCUT2D eigenvalue weighted by Gasteiger charge is 2.19.